The Morgan fingerprint density at radius 3 is 2.58 bits per heavy atom. The summed E-state index contributed by atoms with van der Waals surface area (Å²) < 4.78 is 21.6. The fourth-order valence-electron chi connectivity index (χ4n) is 3.49. The van der Waals surface area contributed by atoms with Crippen molar-refractivity contribution >= 4 is 12.0 Å². The van der Waals surface area contributed by atoms with Gasteiger partial charge in [-0.05, 0) is 19.3 Å². The molecule has 2 unspecified atom stereocenters. The summed E-state index contributed by atoms with van der Waals surface area (Å²) in [5, 5.41) is 0. The lowest BCUT2D eigenvalue weighted by Gasteiger charge is -2.31. The Bertz CT molecular complexity index is 482. The molecule has 7 heteroatoms. The summed E-state index contributed by atoms with van der Waals surface area (Å²) in [6, 6.07) is -0.245. The molecule has 0 aromatic carbocycles. The van der Waals surface area contributed by atoms with Crippen molar-refractivity contribution in [2.75, 3.05) is 20.5 Å². The molecule has 0 spiro atoms. The van der Waals surface area contributed by atoms with Gasteiger partial charge in [0.05, 0.1) is 18.1 Å². The zero-order chi connectivity index (χ0) is 18.1. The van der Waals surface area contributed by atoms with Crippen molar-refractivity contribution in [1.82, 2.24) is 4.90 Å². The predicted molar refractivity (Wildman–Crippen MR) is 86.3 cm³/mol. The summed E-state index contributed by atoms with van der Waals surface area (Å²) in [7, 11) is 1.53. The van der Waals surface area contributed by atoms with Gasteiger partial charge in [0.15, 0.2) is 0 Å². The first kappa shape index (κ1) is 19.1. The molecule has 5 atom stereocenters. The second-order valence-corrected chi connectivity index (χ2v) is 7.08. The van der Waals surface area contributed by atoms with E-state index < -0.39 is 23.7 Å². The average Bonchev–Trinajstić information content (AvgIpc) is 3.05. The van der Waals surface area contributed by atoms with Gasteiger partial charge in [0.2, 0.25) is 5.91 Å². The highest BCUT2D eigenvalue weighted by Gasteiger charge is 2.60. The van der Waals surface area contributed by atoms with Crippen LogP contribution in [0.3, 0.4) is 0 Å². The lowest BCUT2D eigenvalue weighted by atomic mass is 9.88. The second kappa shape index (κ2) is 7.37. The van der Waals surface area contributed by atoms with E-state index in [1.165, 1.54) is 12.0 Å². The molecule has 0 saturated carbocycles. The van der Waals surface area contributed by atoms with Gasteiger partial charge in [-0.25, -0.2) is 9.69 Å². The van der Waals surface area contributed by atoms with Crippen molar-refractivity contribution in [3.05, 3.63) is 0 Å². The lowest BCUT2D eigenvalue weighted by Crippen LogP contribution is -2.50. The number of methoxy groups -OCH3 is 1. The van der Waals surface area contributed by atoms with Crippen LogP contribution in [0.1, 0.15) is 41.0 Å². The molecule has 24 heavy (non-hydrogen) atoms. The monoisotopic (exact) mass is 343 g/mol. The second-order valence-electron chi connectivity index (χ2n) is 7.08. The number of imide groups is 1. The van der Waals surface area contributed by atoms with E-state index in [0.717, 1.165) is 6.42 Å². The summed E-state index contributed by atoms with van der Waals surface area (Å²) >= 11 is 0. The number of hydrogen-bond donors (Lipinski definition) is 0. The molecule has 0 N–H and O–H groups in total. The molecule has 2 fully saturated rings. The SMILES string of the molecule is CCC1OC1(C)[C@H](OCOC)[C@@H](C)C(=O)N1C(=O)OC[C@@H]1C(C)C. The molecule has 2 amide bonds. The number of amides is 2. The highest BCUT2D eigenvalue weighted by molar-refractivity contribution is 5.95. The third kappa shape index (κ3) is 3.43. The minimum Gasteiger partial charge on any atom is -0.447 e. The molecule has 2 aliphatic heterocycles. The summed E-state index contributed by atoms with van der Waals surface area (Å²) in [4.78, 5) is 26.3. The van der Waals surface area contributed by atoms with Crippen molar-refractivity contribution in [1.29, 1.82) is 0 Å². The molecular weight excluding hydrogens is 314 g/mol. The summed E-state index contributed by atoms with van der Waals surface area (Å²) in [5.41, 5.74) is -0.542. The number of hydrogen-bond acceptors (Lipinski definition) is 6. The fourth-order valence-corrected chi connectivity index (χ4v) is 3.49. The third-order valence-corrected chi connectivity index (χ3v) is 5.04. The van der Waals surface area contributed by atoms with E-state index in [4.69, 9.17) is 18.9 Å². The van der Waals surface area contributed by atoms with E-state index in [1.54, 1.807) is 6.92 Å². The van der Waals surface area contributed by atoms with Crippen molar-refractivity contribution in [2.24, 2.45) is 11.8 Å². The van der Waals surface area contributed by atoms with Crippen LogP contribution < -0.4 is 0 Å². The maximum atomic E-state index is 13.0. The molecule has 138 valence electrons. The Hall–Kier alpha value is -1.18. The van der Waals surface area contributed by atoms with Gasteiger partial charge in [0, 0.05) is 7.11 Å². The third-order valence-electron chi connectivity index (χ3n) is 5.04. The first-order valence-corrected chi connectivity index (χ1v) is 8.56. The zero-order valence-corrected chi connectivity index (χ0v) is 15.4. The molecule has 2 aliphatic rings. The van der Waals surface area contributed by atoms with Crippen LogP contribution in [-0.2, 0) is 23.7 Å². The van der Waals surface area contributed by atoms with Crippen molar-refractivity contribution in [3.63, 3.8) is 0 Å². The summed E-state index contributed by atoms with van der Waals surface area (Å²) in [6.45, 7) is 9.98. The van der Waals surface area contributed by atoms with Crippen LogP contribution in [0.15, 0.2) is 0 Å². The van der Waals surface area contributed by atoms with E-state index in [2.05, 4.69) is 0 Å². The van der Waals surface area contributed by atoms with E-state index >= 15 is 0 Å². The Kier molecular flexibility index (Phi) is 5.88. The van der Waals surface area contributed by atoms with Crippen molar-refractivity contribution in [3.8, 4) is 0 Å². The van der Waals surface area contributed by atoms with Gasteiger partial charge in [-0.15, -0.1) is 0 Å². The van der Waals surface area contributed by atoms with Crippen LogP contribution in [0.5, 0.6) is 0 Å². The van der Waals surface area contributed by atoms with Crippen LogP contribution in [0.4, 0.5) is 4.79 Å². The minimum absolute atomic E-state index is 0.0426. The number of carbonyl (C=O) groups excluding carboxylic acids is 2. The number of epoxide rings is 1. The molecule has 2 rings (SSSR count). The molecule has 7 nitrogen and oxygen atoms in total. The molecule has 0 aromatic heterocycles. The van der Waals surface area contributed by atoms with Crippen molar-refractivity contribution in [2.45, 2.75) is 64.9 Å². The maximum Gasteiger partial charge on any atom is 0.416 e. The number of ether oxygens (including phenoxy) is 4. The van der Waals surface area contributed by atoms with E-state index in [9.17, 15) is 9.59 Å². The van der Waals surface area contributed by atoms with Crippen LogP contribution in [-0.4, -0.2) is 61.3 Å². The molecule has 0 bridgehead atoms. The quantitative estimate of drug-likeness (QED) is 0.496. The predicted octanol–water partition coefficient (Wildman–Crippen LogP) is 2.18. The largest absolute Gasteiger partial charge is 0.447 e. The lowest BCUT2D eigenvalue weighted by molar-refractivity contribution is -0.150. The smallest absolute Gasteiger partial charge is 0.416 e. The number of cyclic esters (lactones) is 1. The van der Waals surface area contributed by atoms with Gasteiger partial charge in [0.1, 0.15) is 25.1 Å². The molecule has 2 saturated heterocycles. The molecule has 0 aromatic rings. The van der Waals surface area contributed by atoms with Gasteiger partial charge in [0.25, 0.3) is 0 Å². The number of carbonyl (C=O) groups is 2. The Morgan fingerprint density at radius 1 is 1.42 bits per heavy atom. The van der Waals surface area contributed by atoms with Gasteiger partial charge in [-0.1, -0.05) is 27.7 Å². The minimum atomic E-state index is -0.579. The van der Waals surface area contributed by atoms with Gasteiger partial charge >= 0.3 is 6.09 Å². The Balaban J connectivity index is 2.17. The van der Waals surface area contributed by atoms with Gasteiger partial charge in [-0.3, -0.25) is 4.79 Å². The van der Waals surface area contributed by atoms with E-state index in [-0.39, 0.29) is 37.4 Å². The summed E-state index contributed by atoms with van der Waals surface area (Å²) in [5.74, 6) is -0.709. The van der Waals surface area contributed by atoms with Crippen molar-refractivity contribution < 1.29 is 28.5 Å². The van der Waals surface area contributed by atoms with E-state index in [1.807, 2.05) is 27.7 Å². The molecule has 0 aliphatic carbocycles. The zero-order valence-electron chi connectivity index (χ0n) is 15.4. The first-order valence-electron chi connectivity index (χ1n) is 8.56. The normalized spacial score (nSPS) is 32.0. The summed E-state index contributed by atoms with van der Waals surface area (Å²) in [6.07, 6.45) is -0.188. The number of rotatable bonds is 8. The molecular formula is C17H29NO6. The van der Waals surface area contributed by atoms with Crippen LogP contribution >= 0.6 is 0 Å². The molecule has 2 heterocycles. The first-order chi connectivity index (χ1) is 11.3. The highest BCUT2D eigenvalue weighted by atomic mass is 16.7. The Labute approximate surface area is 143 Å². The van der Waals surface area contributed by atoms with Crippen LogP contribution in [0.2, 0.25) is 0 Å². The molecule has 0 radical (unpaired) electrons. The standard InChI is InChI=1S/C17H29NO6/c1-7-13-17(5,24-13)14(23-9-21-6)11(4)15(19)18-12(10(2)3)8-22-16(18)20/h10-14H,7-9H2,1-6H3/t11-,12-,13?,14-,17?/m1/s1. The fraction of sp³-hybridized carbons (Fsp3) is 0.882. The Morgan fingerprint density at radius 2 is 2.08 bits per heavy atom. The van der Waals surface area contributed by atoms with Gasteiger partial charge in [-0.2, -0.15) is 0 Å². The van der Waals surface area contributed by atoms with E-state index in [0.29, 0.717) is 0 Å². The van der Waals surface area contributed by atoms with Gasteiger partial charge < -0.3 is 18.9 Å². The maximum absolute atomic E-state index is 13.0. The van der Waals surface area contributed by atoms with Crippen LogP contribution in [0, 0.1) is 11.8 Å². The number of nitrogens with zero attached hydrogens (tertiary/aromatic N) is 1. The topological polar surface area (TPSA) is 77.6 Å². The highest BCUT2D eigenvalue weighted by Crippen LogP contribution is 2.45. The van der Waals surface area contributed by atoms with Crippen LogP contribution in [0.25, 0.3) is 0 Å². The average molecular weight is 343 g/mol.